The Bertz CT molecular complexity index is 1060. The van der Waals surface area contributed by atoms with Crippen molar-refractivity contribution in [2.45, 2.75) is 148 Å². The molecule has 0 spiro atoms. The van der Waals surface area contributed by atoms with E-state index in [4.69, 9.17) is 24.3 Å². The fourth-order valence-electron chi connectivity index (χ4n) is 4.88. The Balaban J connectivity index is 4.15. The Morgan fingerprint density at radius 2 is 1.08 bits per heavy atom. The number of esters is 1. The quantitative estimate of drug-likeness (QED) is 0.0279. The summed E-state index contributed by atoms with van der Waals surface area (Å²) in [4.78, 5) is 22.4. The van der Waals surface area contributed by atoms with E-state index in [0.717, 1.165) is 116 Å². The minimum absolute atomic E-state index is 0.0879. The molecule has 3 N–H and O–H groups in total. The van der Waals surface area contributed by atoms with Crippen molar-refractivity contribution in [2.24, 2.45) is 5.73 Å². The highest BCUT2D eigenvalue weighted by Gasteiger charge is 2.25. The van der Waals surface area contributed by atoms with Crippen molar-refractivity contribution in [1.82, 2.24) is 0 Å². The van der Waals surface area contributed by atoms with Crippen LogP contribution in [0.25, 0.3) is 0 Å². The van der Waals surface area contributed by atoms with Gasteiger partial charge in [0.25, 0.3) is 0 Å². The van der Waals surface area contributed by atoms with Crippen LogP contribution in [0.2, 0.25) is 0 Å². The van der Waals surface area contributed by atoms with Gasteiger partial charge in [-0.2, -0.15) is 0 Å². The molecule has 0 rings (SSSR count). The maximum absolute atomic E-state index is 12.5. The fourth-order valence-corrected chi connectivity index (χ4v) is 5.65. The third kappa shape index (κ3) is 38.9. The van der Waals surface area contributed by atoms with Crippen LogP contribution in [0, 0.1) is 0 Å². The van der Waals surface area contributed by atoms with Gasteiger partial charge in [0.15, 0.2) is 0 Å². The zero-order chi connectivity index (χ0) is 38.1. The molecule has 0 saturated carbocycles. The number of hydrogen-bond acceptors (Lipinski definition) is 7. The van der Waals surface area contributed by atoms with Gasteiger partial charge in [-0.05, 0) is 83.5 Å². The van der Waals surface area contributed by atoms with Crippen LogP contribution >= 0.6 is 7.82 Å². The Kier molecular flexibility index (Phi) is 38.1. The average molecular weight is 748 g/mol. The summed E-state index contributed by atoms with van der Waals surface area (Å²) in [5.41, 5.74) is 5.35. The molecule has 0 aromatic heterocycles. The number of rotatable bonds is 37. The van der Waals surface area contributed by atoms with Gasteiger partial charge in [0.1, 0.15) is 6.10 Å². The molecule has 0 fully saturated rings. The number of hydrogen-bond donors (Lipinski definition) is 2. The van der Waals surface area contributed by atoms with Crippen LogP contribution < -0.4 is 5.73 Å². The second-order valence-electron chi connectivity index (χ2n) is 12.8. The van der Waals surface area contributed by atoms with Crippen LogP contribution in [0.3, 0.4) is 0 Å². The number of carbonyl (C=O) groups excluding carboxylic acids is 1. The normalized spacial score (nSPS) is 14.5. The van der Waals surface area contributed by atoms with Crippen LogP contribution in [0.15, 0.2) is 85.1 Å². The summed E-state index contributed by atoms with van der Waals surface area (Å²) in [7, 11) is -4.29. The zero-order valence-corrected chi connectivity index (χ0v) is 33.7. The lowest BCUT2D eigenvalue weighted by Crippen LogP contribution is -2.28. The highest BCUT2D eigenvalue weighted by Crippen LogP contribution is 2.43. The molecule has 298 valence electrons. The Labute approximate surface area is 318 Å². The van der Waals surface area contributed by atoms with Crippen molar-refractivity contribution in [2.75, 3.05) is 33.0 Å². The number of phosphoric ester groups is 1. The van der Waals surface area contributed by atoms with E-state index in [1.807, 2.05) is 0 Å². The SMILES string of the molecule is CC/C=C\C/C=C\C/C=C\C/C=C\C/C=C\CCCCCCOCC(COP(=O)(O)OCCN)OC(=O)CCCCCCC/C=C\C/C=C\CCC. The molecule has 9 heteroatoms. The molecule has 0 heterocycles. The van der Waals surface area contributed by atoms with E-state index in [1.54, 1.807) is 0 Å². The van der Waals surface area contributed by atoms with Gasteiger partial charge in [0, 0.05) is 19.6 Å². The Morgan fingerprint density at radius 3 is 1.62 bits per heavy atom. The summed E-state index contributed by atoms with van der Waals surface area (Å²) in [6, 6.07) is 0. The van der Waals surface area contributed by atoms with Gasteiger partial charge in [-0.25, -0.2) is 4.57 Å². The molecule has 0 aliphatic carbocycles. The lowest BCUT2D eigenvalue weighted by Gasteiger charge is -2.20. The minimum atomic E-state index is -4.29. The summed E-state index contributed by atoms with van der Waals surface area (Å²) >= 11 is 0. The Morgan fingerprint density at radius 1 is 0.596 bits per heavy atom. The number of allylic oxidation sites excluding steroid dienone is 14. The summed E-state index contributed by atoms with van der Waals surface area (Å²) in [5.74, 6) is -0.359. The largest absolute Gasteiger partial charge is 0.472 e. The fraction of sp³-hybridized carbons (Fsp3) is 0.651. The summed E-state index contributed by atoms with van der Waals surface area (Å²) in [5, 5.41) is 0. The van der Waals surface area contributed by atoms with Crippen LogP contribution in [0.5, 0.6) is 0 Å². The van der Waals surface area contributed by atoms with E-state index in [9.17, 15) is 14.3 Å². The third-order valence-corrected chi connectivity index (χ3v) is 8.76. The Hall–Kier alpha value is -2.32. The van der Waals surface area contributed by atoms with Crippen LogP contribution in [-0.2, 0) is 27.9 Å². The molecule has 0 aliphatic rings. The molecule has 8 nitrogen and oxygen atoms in total. The van der Waals surface area contributed by atoms with E-state index in [-0.39, 0.29) is 32.3 Å². The lowest BCUT2D eigenvalue weighted by molar-refractivity contribution is -0.154. The van der Waals surface area contributed by atoms with Crippen molar-refractivity contribution in [3.63, 3.8) is 0 Å². The number of unbranched alkanes of at least 4 members (excludes halogenated alkanes) is 10. The second kappa shape index (κ2) is 39.9. The molecule has 2 unspecified atom stereocenters. The maximum Gasteiger partial charge on any atom is 0.472 e. The number of nitrogens with two attached hydrogens (primary N) is 1. The molecular formula is C43H74NO7P. The molecule has 0 radical (unpaired) electrons. The molecule has 0 aromatic rings. The predicted molar refractivity (Wildman–Crippen MR) is 219 cm³/mol. The van der Waals surface area contributed by atoms with Gasteiger partial charge in [-0.1, -0.05) is 137 Å². The van der Waals surface area contributed by atoms with Crippen LogP contribution in [0.1, 0.15) is 142 Å². The van der Waals surface area contributed by atoms with E-state index < -0.39 is 13.9 Å². The van der Waals surface area contributed by atoms with Crippen LogP contribution in [-0.4, -0.2) is 49.9 Å². The van der Waals surface area contributed by atoms with Crippen molar-refractivity contribution in [3.05, 3.63) is 85.1 Å². The molecule has 0 bridgehead atoms. The summed E-state index contributed by atoms with van der Waals surface area (Å²) in [6.45, 7) is 4.62. The number of phosphoric acid groups is 1. The minimum Gasteiger partial charge on any atom is -0.457 e. The van der Waals surface area contributed by atoms with Crippen LogP contribution in [0.4, 0.5) is 0 Å². The molecule has 0 aliphatic heterocycles. The van der Waals surface area contributed by atoms with Crippen molar-refractivity contribution in [3.8, 4) is 0 Å². The maximum atomic E-state index is 12.5. The third-order valence-electron chi connectivity index (χ3n) is 7.78. The summed E-state index contributed by atoms with van der Waals surface area (Å²) in [6.07, 6.45) is 50.3. The molecule has 52 heavy (non-hydrogen) atoms. The highest BCUT2D eigenvalue weighted by atomic mass is 31.2. The predicted octanol–water partition coefficient (Wildman–Crippen LogP) is 11.7. The molecule has 2 atom stereocenters. The van der Waals surface area contributed by atoms with Crippen molar-refractivity contribution in [1.29, 1.82) is 0 Å². The molecule has 0 amide bonds. The molecular weight excluding hydrogens is 673 g/mol. The van der Waals surface area contributed by atoms with E-state index in [0.29, 0.717) is 13.0 Å². The van der Waals surface area contributed by atoms with Gasteiger partial charge in [-0.3, -0.25) is 13.8 Å². The van der Waals surface area contributed by atoms with Gasteiger partial charge in [0.05, 0.1) is 19.8 Å². The van der Waals surface area contributed by atoms with Crippen molar-refractivity contribution < 1.29 is 32.8 Å². The first-order valence-electron chi connectivity index (χ1n) is 20.1. The van der Waals surface area contributed by atoms with E-state index in [1.165, 1.54) is 6.42 Å². The van der Waals surface area contributed by atoms with Gasteiger partial charge >= 0.3 is 13.8 Å². The van der Waals surface area contributed by atoms with Gasteiger partial charge < -0.3 is 20.1 Å². The highest BCUT2D eigenvalue weighted by molar-refractivity contribution is 7.47. The first-order chi connectivity index (χ1) is 25.4. The van der Waals surface area contributed by atoms with Gasteiger partial charge in [-0.15, -0.1) is 0 Å². The van der Waals surface area contributed by atoms with E-state index >= 15 is 0 Å². The smallest absolute Gasteiger partial charge is 0.457 e. The first kappa shape index (κ1) is 49.7. The van der Waals surface area contributed by atoms with Crippen molar-refractivity contribution >= 4 is 13.8 Å². The van der Waals surface area contributed by atoms with Gasteiger partial charge in [0.2, 0.25) is 0 Å². The standard InChI is InChI=1S/C43H74NO7P/c1-3-5-7-9-11-13-15-17-18-19-20-21-22-23-25-27-29-31-33-35-38-48-40-42(41-50-52(46,47)49-39-37-44)51-43(45)36-34-32-30-28-26-24-16-14-12-10-8-6-4-2/h5,7-8,10-11,13-14,16-18,20-21,23,25,42H,3-4,6,9,12,15,19,22,24,26-41,44H2,1-2H3,(H,46,47)/b7-5-,10-8-,13-11-,16-14-,18-17-,21-20-,25-23-. The lowest BCUT2D eigenvalue weighted by atomic mass is 10.1. The zero-order valence-electron chi connectivity index (χ0n) is 32.8. The van der Waals surface area contributed by atoms with E-state index in [2.05, 4.69) is 98.9 Å². The number of ether oxygens (including phenoxy) is 2. The first-order valence-corrected chi connectivity index (χ1v) is 21.6. The molecule has 0 saturated heterocycles. The topological polar surface area (TPSA) is 117 Å². The number of carbonyl (C=O) groups is 1. The molecule has 0 aromatic carbocycles. The summed E-state index contributed by atoms with van der Waals surface area (Å²) < 4.78 is 33.3. The average Bonchev–Trinajstić information content (AvgIpc) is 3.13. The second-order valence-corrected chi connectivity index (χ2v) is 14.2. The monoisotopic (exact) mass is 748 g/mol.